The summed E-state index contributed by atoms with van der Waals surface area (Å²) in [6, 6.07) is 7.59. The second-order valence-electron chi connectivity index (χ2n) is 5.41. The molecule has 0 aliphatic heterocycles. The van der Waals surface area contributed by atoms with Crippen molar-refractivity contribution in [3.63, 3.8) is 0 Å². The van der Waals surface area contributed by atoms with Gasteiger partial charge in [-0.25, -0.2) is 13.1 Å². The number of rotatable bonds is 6. The van der Waals surface area contributed by atoms with Gasteiger partial charge in [-0.15, -0.1) is 0 Å². The van der Waals surface area contributed by atoms with Crippen LogP contribution in [0.5, 0.6) is 0 Å². The van der Waals surface area contributed by atoms with Gasteiger partial charge in [0.1, 0.15) is 0 Å². The molecule has 21 heavy (non-hydrogen) atoms. The summed E-state index contributed by atoms with van der Waals surface area (Å²) < 4.78 is 27.6. The molecular weight excluding hydrogens is 286 g/mol. The lowest BCUT2D eigenvalue weighted by Crippen LogP contribution is -2.32. The van der Waals surface area contributed by atoms with E-state index in [1.165, 1.54) is 12.8 Å². The van der Waals surface area contributed by atoms with Crippen molar-refractivity contribution in [3.05, 3.63) is 36.0 Å². The Hall–Kier alpha value is -1.50. The lowest BCUT2D eigenvalue weighted by atomic mass is 10.1. The van der Waals surface area contributed by atoms with Crippen LogP contribution in [0.3, 0.4) is 0 Å². The number of pyridine rings is 1. The quantitative estimate of drug-likeness (QED) is 0.795. The Morgan fingerprint density at radius 1 is 1.24 bits per heavy atom. The van der Waals surface area contributed by atoms with Gasteiger partial charge >= 0.3 is 0 Å². The first-order valence-electron chi connectivity index (χ1n) is 7.15. The highest BCUT2D eigenvalue weighted by molar-refractivity contribution is 7.89. The van der Waals surface area contributed by atoms with Crippen LogP contribution in [0.1, 0.15) is 18.4 Å². The van der Waals surface area contributed by atoms with Gasteiger partial charge in [-0.2, -0.15) is 0 Å². The van der Waals surface area contributed by atoms with Gasteiger partial charge in [-0.1, -0.05) is 6.07 Å². The van der Waals surface area contributed by atoms with Gasteiger partial charge < -0.3 is 5.32 Å². The highest BCUT2D eigenvalue weighted by atomic mass is 32.2. The molecule has 0 radical (unpaired) electrons. The molecule has 3 rings (SSSR count). The highest BCUT2D eigenvalue weighted by Gasteiger charge is 2.21. The number of hydrogen-bond donors (Lipinski definition) is 2. The van der Waals surface area contributed by atoms with Crippen LogP contribution in [-0.2, 0) is 10.0 Å². The molecule has 1 aromatic carbocycles. The van der Waals surface area contributed by atoms with Crippen molar-refractivity contribution in [1.29, 1.82) is 0 Å². The predicted molar refractivity (Wildman–Crippen MR) is 82.7 cm³/mol. The maximum atomic E-state index is 12.5. The van der Waals surface area contributed by atoms with E-state index in [-0.39, 0.29) is 0 Å². The summed E-state index contributed by atoms with van der Waals surface area (Å²) >= 11 is 0. The van der Waals surface area contributed by atoms with Gasteiger partial charge in [0.2, 0.25) is 10.0 Å². The first-order chi connectivity index (χ1) is 10.1. The standard InChI is InChI=1S/C15H19N3O2S/c1-11-4-7-14(13-3-2-8-17-15(11)13)21(19,20)18-10-9-16-12-5-6-12/h2-4,7-8,12,16,18H,5-6,9-10H2,1H3. The monoisotopic (exact) mass is 305 g/mol. The summed E-state index contributed by atoms with van der Waals surface area (Å²) in [5, 5.41) is 3.95. The molecule has 2 aromatic rings. The molecule has 6 heteroatoms. The van der Waals surface area contributed by atoms with Gasteiger partial charge in [-0.05, 0) is 43.5 Å². The van der Waals surface area contributed by atoms with E-state index in [1.54, 1.807) is 30.5 Å². The Bertz CT molecular complexity index is 755. The van der Waals surface area contributed by atoms with Crippen molar-refractivity contribution in [2.45, 2.75) is 30.7 Å². The van der Waals surface area contributed by atoms with Gasteiger partial charge in [0.05, 0.1) is 10.4 Å². The maximum Gasteiger partial charge on any atom is 0.241 e. The topological polar surface area (TPSA) is 71.1 Å². The SMILES string of the molecule is Cc1ccc(S(=O)(=O)NCCNC2CC2)c2cccnc12. The maximum absolute atomic E-state index is 12.5. The van der Waals surface area contributed by atoms with Crippen LogP contribution in [0.25, 0.3) is 10.9 Å². The minimum atomic E-state index is -3.51. The van der Waals surface area contributed by atoms with E-state index in [9.17, 15) is 8.42 Å². The Kier molecular flexibility index (Phi) is 3.93. The molecular formula is C15H19N3O2S. The van der Waals surface area contributed by atoms with Crippen molar-refractivity contribution in [1.82, 2.24) is 15.0 Å². The van der Waals surface area contributed by atoms with Crippen LogP contribution in [0, 0.1) is 6.92 Å². The summed E-state index contributed by atoms with van der Waals surface area (Å²) in [5.74, 6) is 0. The second-order valence-corrected chi connectivity index (χ2v) is 7.14. The first kappa shape index (κ1) is 14.4. The van der Waals surface area contributed by atoms with Crippen molar-refractivity contribution >= 4 is 20.9 Å². The number of aromatic nitrogens is 1. The minimum absolute atomic E-state index is 0.294. The van der Waals surface area contributed by atoms with E-state index in [0.717, 1.165) is 11.1 Å². The molecule has 0 unspecified atom stereocenters. The number of sulfonamides is 1. The molecule has 0 spiro atoms. The Labute approximate surface area is 124 Å². The van der Waals surface area contributed by atoms with Crippen LogP contribution < -0.4 is 10.0 Å². The number of nitrogens with one attached hydrogen (secondary N) is 2. The molecule has 1 saturated carbocycles. The van der Waals surface area contributed by atoms with Crippen LogP contribution in [0.4, 0.5) is 0 Å². The highest BCUT2D eigenvalue weighted by Crippen LogP contribution is 2.24. The van der Waals surface area contributed by atoms with E-state index in [2.05, 4.69) is 15.0 Å². The van der Waals surface area contributed by atoms with Gasteiger partial charge in [0.25, 0.3) is 0 Å². The number of benzene rings is 1. The van der Waals surface area contributed by atoms with E-state index in [1.807, 2.05) is 6.92 Å². The third-order valence-electron chi connectivity index (χ3n) is 3.65. The number of hydrogen-bond acceptors (Lipinski definition) is 4. The van der Waals surface area contributed by atoms with Gasteiger partial charge in [0.15, 0.2) is 0 Å². The molecule has 1 aliphatic rings. The normalized spacial score (nSPS) is 15.5. The summed E-state index contributed by atoms with van der Waals surface area (Å²) in [5.41, 5.74) is 1.71. The molecule has 0 saturated heterocycles. The Morgan fingerprint density at radius 2 is 2.05 bits per heavy atom. The van der Waals surface area contributed by atoms with Crippen LogP contribution in [0.15, 0.2) is 35.4 Å². The van der Waals surface area contributed by atoms with Gasteiger partial charge in [-0.3, -0.25) is 4.98 Å². The second kappa shape index (κ2) is 5.71. The number of fused-ring (bicyclic) bond motifs is 1. The average molecular weight is 305 g/mol. The fraction of sp³-hybridized carbons (Fsp3) is 0.400. The molecule has 0 atom stereocenters. The van der Waals surface area contributed by atoms with E-state index in [0.29, 0.717) is 29.4 Å². The van der Waals surface area contributed by atoms with Crippen LogP contribution in [-0.4, -0.2) is 32.5 Å². The number of nitrogens with zero attached hydrogens (tertiary/aromatic N) is 1. The molecule has 5 nitrogen and oxygen atoms in total. The summed E-state index contributed by atoms with van der Waals surface area (Å²) in [6.45, 7) is 2.99. The molecule has 1 aliphatic carbocycles. The predicted octanol–water partition coefficient (Wildman–Crippen LogP) is 1.57. The molecule has 1 aromatic heterocycles. The van der Waals surface area contributed by atoms with Crippen molar-refractivity contribution < 1.29 is 8.42 Å². The Morgan fingerprint density at radius 3 is 2.81 bits per heavy atom. The zero-order valence-electron chi connectivity index (χ0n) is 12.0. The van der Waals surface area contributed by atoms with E-state index in [4.69, 9.17) is 0 Å². The van der Waals surface area contributed by atoms with Crippen molar-refractivity contribution in [3.8, 4) is 0 Å². The molecule has 0 bridgehead atoms. The molecule has 1 fully saturated rings. The fourth-order valence-corrected chi connectivity index (χ4v) is 3.58. The molecule has 0 amide bonds. The van der Waals surface area contributed by atoms with E-state index >= 15 is 0 Å². The van der Waals surface area contributed by atoms with Crippen LogP contribution >= 0.6 is 0 Å². The van der Waals surface area contributed by atoms with Gasteiger partial charge in [0, 0.05) is 30.7 Å². The third kappa shape index (κ3) is 3.23. The summed E-state index contributed by atoms with van der Waals surface area (Å²) in [4.78, 5) is 4.57. The fourth-order valence-electron chi connectivity index (χ4n) is 2.35. The number of aryl methyl sites for hydroxylation is 1. The molecule has 1 heterocycles. The van der Waals surface area contributed by atoms with E-state index < -0.39 is 10.0 Å². The summed E-state index contributed by atoms with van der Waals surface area (Å²) in [6.07, 6.45) is 4.07. The minimum Gasteiger partial charge on any atom is -0.313 e. The Balaban J connectivity index is 1.82. The zero-order chi connectivity index (χ0) is 14.9. The zero-order valence-corrected chi connectivity index (χ0v) is 12.8. The smallest absolute Gasteiger partial charge is 0.241 e. The average Bonchev–Trinajstić information content (AvgIpc) is 3.28. The van der Waals surface area contributed by atoms with Crippen molar-refractivity contribution in [2.75, 3.05) is 13.1 Å². The lowest BCUT2D eigenvalue weighted by molar-refractivity contribution is 0.576. The van der Waals surface area contributed by atoms with Crippen LogP contribution in [0.2, 0.25) is 0 Å². The first-order valence-corrected chi connectivity index (χ1v) is 8.63. The molecule has 112 valence electrons. The summed E-state index contributed by atoms with van der Waals surface area (Å²) in [7, 11) is -3.51. The molecule has 2 N–H and O–H groups in total. The van der Waals surface area contributed by atoms with Crippen molar-refractivity contribution in [2.24, 2.45) is 0 Å². The third-order valence-corrected chi connectivity index (χ3v) is 5.17. The lowest BCUT2D eigenvalue weighted by Gasteiger charge is -2.11. The largest absolute Gasteiger partial charge is 0.313 e.